The maximum absolute atomic E-state index is 14.7. The van der Waals surface area contributed by atoms with E-state index in [-0.39, 0.29) is 28.5 Å². The van der Waals surface area contributed by atoms with Crippen LogP contribution in [0.1, 0.15) is 38.0 Å². The Hall–Kier alpha value is -5.62. The molecule has 232 valence electrons. The quantitative estimate of drug-likeness (QED) is 0.246. The highest BCUT2D eigenvalue weighted by molar-refractivity contribution is 6.30. The smallest absolute Gasteiger partial charge is 0.335 e. The highest BCUT2D eigenvalue weighted by atomic mass is 35.5. The number of aromatic nitrogens is 4. The van der Waals surface area contributed by atoms with E-state index in [1.165, 1.54) is 47.5 Å². The van der Waals surface area contributed by atoms with Crippen LogP contribution >= 0.6 is 11.6 Å². The molecule has 13 heteroatoms. The highest BCUT2D eigenvalue weighted by Crippen LogP contribution is 2.37. The molecule has 0 bridgehead atoms. The van der Waals surface area contributed by atoms with Crippen molar-refractivity contribution in [2.75, 3.05) is 30.9 Å². The summed E-state index contributed by atoms with van der Waals surface area (Å²) in [4.78, 5) is 47.2. The second-order valence-corrected chi connectivity index (χ2v) is 11.2. The van der Waals surface area contributed by atoms with Crippen molar-refractivity contribution in [3.8, 4) is 16.8 Å². The number of halogens is 2. The van der Waals surface area contributed by atoms with E-state index in [4.69, 9.17) is 11.6 Å². The van der Waals surface area contributed by atoms with Crippen molar-refractivity contribution in [1.82, 2.24) is 24.9 Å². The molecule has 0 radical (unpaired) electrons. The standard InChI is InChI=1S/C33H27ClFN7O4/c1-40(2)28-14-11-20(17-36-28)22-5-3-6-24-23(22)15-16-41(30(24)31(43)37-21-12-9-19(10-13-21)33(45)46)32(44)26-18-42(39-38-26)27-8-4-7-25(34)29(27)35/h3-14,17-18,30H,15-16H2,1-2H3,(H,37,43)(H,45,46). The first kappa shape index (κ1) is 30.4. The number of aromatic carboxylic acids is 1. The third kappa shape index (κ3) is 5.77. The van der Waals surface area contributed by atoms with Gasteiger partial charge in [0.05, 0.1) is 16.8 Å². The van der Waals surface area contributed by atoms with E-state index >= 15 is 0 Å². The maximum atomic E-state index is 14.7. The number of carbonyl (C=O) groups excluding carboxylic acids is 2. The molecular formula is C33H27ClFN7O4. The number of hydrogen-bond donors (Lipinski definition) is 2. The molecule has 3 aromatic carbocycles. The first-order chi connectivity index (χ1) is 22.1. The lowest BCUT2D eigenvalue weighted by Gasteiger charge is -2.37. The number of carboxylic acid groups (broad SMARTS) is 1. The molecule has 1 atom stereocenters. The Labute approximate surface area is 267 Å². The van der Waals surface area contributed by atoms with Gasteiger partial charge < -0.3 is 20.2 Å². The highest BCUT2D eigenvalue weighted by Gasteiger charge is 2.38. The van der Waals surface area contributed by atoms with Crippen molar-refractivity contribution in [3.05, 3.63) is 118 Å². The van der Waals surface area contributed by atoms with Crippen molar-refractivity contribution < 1.29 is 23.9 Å². The number of amides is 2. The Balaban J connectivity index is 1.38. The Bertz CT molecular complexity index is 1960. The number of hydrogen-bond acceptors (Lipinski definition) is 7. The number of pyridine rings is 1. The van der Waals surface area contributed by atoms with Crippen LogP contribution in [0, 0.1) is 5.82 Å². The van der Waals surface area contributed by atoms with Crippen LogP contribution in [-0.2, 0) is 11.2 Å². The summed E-state index contributed by atoms with van der Waals surface area (Å²) < 4.78 is 15.8. The molecule has 46 heavy (non-hydrogen) atoms. The SMILES string of the molecule is CN(C)c1ccc(-c2cccc3c2CCN(C(=O)c2cn(-c4cccc(Cl)c4F)nn2)C3C(=O)Nc2ccc(C(=O)O)cc2)cn1. The number of fused-ring (bicyclic) bond motifs is 1. The fraction of sp³-hybridized carbons (Fsp3) is 0.152. The van der Waals surface area contributed by atoms with E-state index in [1.54, 1.807) is 18.3 Å². The van der Waals surface area contributed by atoms with Gasteiger partial charge in [-0.15, -0.1) is 5.10 Å². The lowest BCUT2D eigenvalue weighted by Crippen LogP contribution is -2.45. The molecule has 6 rings (SSSR count). The molecule has 0 fully saturated rings. The zero-order valence-electron chi connectivity index (χ0n) is 24.7. The van der Waals surface area contributed by atoms with Gasteiger partial charge >= 0.3 is 5.97 Å². The molecule has 0 aliphatic carbocycles. The van der Waals surface area contributed by atoms with Crippen LogP contribution in [-0.4, -0.2) is 68.4 Å². The predicted molar refractivity (Wildman–Crippen MR) is 170 cm³/mol. The molecule has 3 heterocycles. The number of benzene rings is 3. The number of nitrogens with zero attached hydrogens (tertiary/aromatic N) is 6. The van der Waals surface area contributed by atoms with Gasteiger partial charge in [-0.3, -0.25) is 9.59 Å². The second-order valence-electron chi connectivity index (χ2n) is 10.8. The minimum Gasteiger partial charge on any atom is -0.478 e. The monoisotopic (exact) mass is 639 g/mol. The van der Waals surface area contributed by atoms with Gasteiger partial charge in [-0.05, 0) is 71.6 Å². The molecule has 2 aromatic heterocycles. The molecule has 2 amide bonds. The molecule has 11 nitrogen and oxygen atoms in total. The van der Waals surface area contributed by atoms with Gasteiger partial charge in [-0.25, -0.2) is 18.9 Å². The van der Waals surface area contributed by atoms with E-state index < -0.39 is 29.6 Å². The van der Waals surface area contributed by atoms with Crippen molar-refractivity contribution in [2.45, 2.75) is 12.5 Å². The molecule has 0 saturated carbocycles. The molecule has 2 N–H and O–H groups in total. The zero-order chi connectivity index (χ0) is 32.5. The van der Waals surface area contributed by atoms with Crippen LogP contribution < -0.4 is 10.2 Å². The number of nitrogens with one attached hydrogen (secondary N) is 1. The second kappa shape index (κ2) is 12.4. The van der Waals surface area contributed by atoms with Crippen LogP contribution in [0.2, 0.25) is 5.02 Å². The molecule has 0 saturated heterocycles. The van der Waals surface area contributed by atoms with Crippen LogP contribution in [0.25, 0.3) is 16.8 Å². The molecular weight excluding hydrogens is 613 g/mol. The van der Waals surface area contributed by atoms with Gasteiger partial charge in [0.2, 0.25) is 0 Å². The normalized spacial score (nSPS) is 14.0. The predicted octanol–water partition coefficient (Wildman–Crippen LogP) is 5.26. The topological polar surface area (TPSA) is 134 Å². The summed E-state index contributed by atoms with van der Waals surface area (Å²) >= 11 is 5.93. The lowest BCUT2D eigenvalue weighted by molar-refractivity contribution is -0.121. The maximum Gasteiger partial charge on any atom is 0.335 e. The van der Waals surface area contributed by atoms with Crippen LogP contribution in [0.5, 0.6) is 0 Å². The van der Waals surface area contributed by atoms with E-state index in [0.717, 1.165) is 27.2 Å². The molecule has 0 spiro atoms. The molecule has 1 unspecified atom stereocenters. The minimum atomic E-state index is -1.10. The first-order valence-electron chi connectivity index (χ1n) is 14.2. The fourth-order valence-corrected chi connectivity index (χ4v) is 5.62. The number of rotatable bonds is 7. The van der Waals surface area contributed by atoms with Crippen molar-refractivity contribution >= 4 is 40.9 Å². The van der Waals surface area contributed by atoms with E-state index in [9.17, 15) is 23.9 Å². The van der Waals surface area contributed by atoms with Gasteiger partial charge in [0, 0.05) is 38.1 Å². The molecule has 1 aliphatic rings. The Morgan fingerprint density at radius 2 is 1.78 bits per heavy atom. The Kier molecular flexibility index (Phi) is 8.20. The number of carboxylic acids is 1. The summed E-state index contributed by atoms with van der Waals surface area (Å²) in [6, 6.07) is 18.5. The van der Waals surface area contributed by atoms with Crippen molar-refractivity contribution in [1.29, 1.82) is 0 Å². The Morgan fingerprint density at radius 3 is 2.48 bits per heavy atom. The average Bonchev–Trinajstić information content (AvgIpc) is 3.55. The summed E-state index contributed by atoms with van der Waals surface area (Å²) in [5.41, 5.74) is 3.59. The van der Waals surface area contributed by atoms with Crippen LogP contribution in [0.4, 0.5) is 15.9 Å². The van der Waals surface area contributed by atoms with Crippen LogP contribution in [0.3, 0.4) is 0 Å². The third-order valence-electron chi connectivity index (χ3n) is 7.74. The van der Waals surface area contributed by atoms with Crippen LogP contribution in [0.15, 0.2) is 85.2 Å². The van der Waals surface area contributed by atoms with E-state index in [2.05, 4.69) is 20.6 Å². The molecule has 1 aliphatic heterocycles. The minimum absolute atomic E-state index is 0.0145. The van der Waals surface area contributed by atoms with Gasteiger partial charge in [0.15, 0.2) is 11.5 Å². The summed E-state index contributed by atoms with van der Waals surface area (Å²) in [7, 11) is 3.81. The lowest BCUT2D eigenvalue weighted by atomic mass is 9.86. The number of anilines is 2. The van der Waals surface area contributed by atoms with Gasteiger partial charge in [-0.1, -0.05) is 41.1 Å². The fourth-order valence-electron chi connectivity index (χ4n) is 5.45. The van der Waals surface area contributed by atoms with E-state index in [0.29, 0.717) is 17.7 Å². The van der Waals surface area contributed by atoms with Gasteiger partial charge in [-0.2, -0.15) is 0 Å². The summed E-state index contributed by atoms with van der Waals surface area (Å²) in [5, 5.41) is 19.9. The van der Waals surface area contributed by atoms with Gasteiger partial charge in [0.1, 0.15) is 17.5 Å². The Morgan fingerprint density at radius 1 is 1.02 bits per heavy atom. The van der Waals surface area contributed by atoms with E-state index in [1.807, 2.05) is 43.3 Å². The van der Waals surface area contributed by atoms with Crippen molar-refractivity contribution in [3.63, 3.8) is 0 Å². The van der Waals surface area contributed by atoms with Crippen molar-refractivity contribution in [2.24, 2.45) is 0 Å². The first-order valence-corrected chi connectivity index (χ1v) is 14.6. The summed E-state index contributed by atoms with van der Waals surface area (Å²) in [6.45, 7) is 0.167. The third-order valence-corrected chi connectivity index (χ3v) is 8.03. The average molecular weight is 640 g/mol. The summed E-state index contributed by atoms with van der Waals surface area (Å²) in [5.74, 6) is -2.11. The summed E-state index contributed by atoms with van der Waals surface area (Å²) in [6.07, 6.45) is 3.50. The molecule has 5 aromatic rings. The van der Waals surface area contributed by atoms with Gasteiger partial charge in [0.25, 0.3) is 11.8 Å². The zero-order valence-corrected chi connectivity index (χ0v) is 25.4. The number of carbonyl (C=O) groups is 3. The largest absolute Gasteiger partial charge is 0.478 e.